The average Bonchev–Trinajstić information content (AvgIpc) is 3.52. The summed E-state index contributed by atoms with van der Waals surface area (Å²) in [7, 11) is 0. The molecule has 1 aliphatic carbocycles. The first-order chi connectivity index (χ1) is 16.0. The number of rotatable bonds is 6. The van der Waals surface area contributed by atoms with Crippen LogP contribution in [0.3, 0.4) is 0 Å². The monoisotopic (exact) mass is 495 g/mol. The molecule has 0 spiro atoms. The van der Waals surface area contributed by atoms with Crippen molar-refractivity contribution in [3.63, 3.8) is 0 Å². The molecule has 1 aliphatic rings. The van der Waals surface area contributed by atoms with Gasteiger partial charge in [-0.3, -0.25) is 14.2 Å². The fourth-order valence-electron chi connectivity index (χ4n) is 3.54. The van der Waals surface area contributed by atoms with Crippen molar-refractivity contribution in [1.82, 2.24) is 15.2 Å². The minimum absolute atomic E-state index is 0.00835. The Morgan fingerprint density at radius 1 is 1.09 bits per heavy atom. The van der Waals surface area contributed by atoms with E-state index in [9.17, 15) is 27.6 Å². The maximum Gasteiger partial charge on any atom is 0.512 e. The molecule has 0 unspecified atom stereocenters. The van der Waals surface area contributed by atoms with Gasteiger partial charge in [0.15, 0.2) is 0 Å². The second kappa shape index (κ2) is 8.56. The molecular formula is C22H17ClF3N3O5. The van der Waals surface area contributed by atoms with Crippen molar-refractivity contribution in [2.45, 2.75) is 31.1 Å². The van der Waals surface area contributed by atoms with E-state index in [2.05, 4.69) is 5.32 Å². The van der Waals surface area contributed by atoms with Crippen LogP contribution in [0, 0.1) is 0 Å². The summed E-state index contributed by atoms with van der Waals surface area (Å²) >= 11 is 6.33. The normalized spacial score (nSPS) is 14.5. The number of hydrogen-bond donors (Lipinski definition) is 3. The van der Waals surface area contributed by atoms with E-state index in [1.165, 1.54) is 4.57 Å². The summed E-state index contributed by atoms with van der Waals surface area (Å²) in [6, 6.07) is 13.6. The number of aromatic nitrogens is 1. The van der Waals surface area contributed by atoms with Crippen LogP contribution in [0.25, 0.3) is 16.6 Å². The molecule has 34 heavy (non-hydrogen) atoms. The fraction of sp³-hybridized carbons (Fsp3) is 0.227. The molecule has 2 aromatic carbocycles. The van der Waals surface area contributed by atoms with Crippen LogP contribution >= 0.6 is 11.6 Å². The number of carboxylic acid groups (broad SMARTS) is 1. The fourth-order valence-corrected chi connectivity index (χ4v) is 3.83. The minimum atomic E-state index is -5.07. The van der Waals surface area contributed by atoms with Gasteiger partial charge in [-0.05, 0) is 36.6 Å². The Kier molecular flexibility index (Phi) is 5.90. The van der Waals surface area contributed by atoms with Gasteiger partial charge in [-0.2, -0.15) is 13.2 Å². The standard InChI is InChI=1S/C22H17ClF3N3O5/c23-16-14-3-1-2-4-15(14)29(17(16)34-20(32)33)13-7-5-12(6-8-13)11-27-18(30)21(9-10-21)28-19(31)22(24,25)26/h1-8H,9-11H2,(H,27,30)(H,28,31)(H,32,33). The lowest BCUT2D eigenvalue weighted by Crippen LogP contribution is -2.52. The predicted octanol–water partition coefficient (Wildman–Crippen LogP) is 4.17. The van der Waals surface area contributed by atoms with Crippen molar-refractivity contribution in [3.8, 4) is 11.6 Å². The Hall–Kier alpha value is -3.73. The molecule has 0 bridgehead atoms. The molecule has 1 heterocycles. The van der Waals surface area contributed by atoms with Crippen LogP contribution < -0.4 is 15.4 Å². The lowest BCUT2D eigenvalue weighted by atomic mass is 10.1. The summed E-state index contributed by atoms with van der Waals surface area (Å²) < 4.78 is 43.9. The molecule has 1 saturated carbocycles. The molecular weight excluding hydrogens is 479 g/mol. The van der Waals surface area contributed by atoms with E-state index in [4.69, 9.17) is 21.4 Å². The number of para-hydroxylation sites is 1. The Balaban J connectivity index is 1.51. The van der Waals surface area contributed by atoms with Crippen molar-refractivity contribution in [2.75, 3.05) is 0 Å². The Labute approximate surface area is 195 Å². The van der Waals surface area contributed by atoms with Gasteiger partial charge in [0.1, 0.15) is 10.6 Å². The second-order valence-electron chi connectivity index (χ2n) is 7.72. The summed E-state index contributed by atoms with van der Waals surface area (Å²) in [6.07, 6.45) is -6.36. The van der Waals surface area contributed by atoms with Gasteiger partial charge in [-0.1, -0.05) is 41.9 Å². The molecule has 0 aliphatic heterocycles. The number of nitrogens with zero attached hydrogens (tertiary/aromatic N) is 1. The smallest absolute Gasteiger partial charge is 0.449 e. The largest absolute Gasteiger partial charge is 0.512 e. The third kappa shape index (κ3) is 4.51. The van der Waals surface area contributed by atoms with Crippen LogP contribution in [0.15, 0.2) is 48.5 Å². The first-order valence-electron chi connectivity index (χ1n) is 9.98. The maximum atomic E-state index is 12.5. The van der Waals surface area contributed by atoms with Crippen LogP contribution in [-0.2, 0) is 16.1 Å². The van der Waals surface area contributed by atoms with Crippen molar-refractivity contribution in [1.29, 1.82) is 0 Å². The van der Waals surface area contributed by atoms with Gasteiger partial charge in [-0.25, -0.2) is 4.79 Å². The van der Waals surface area contributed by atoms with Gasteiger partial charge in [0.05, 0.1) is 5.52 Å². The lowest BCUT2D eigenvalue weighted by Gasteiger charge is -2.18. The van der Waals surface area contributed by atoms with E-state index in [1.54, 1.807) is 53.8 Å². The number of hydrogen-bond acceptors (Lipinski definition) is 4. The number of nitrogens with one attached hydrogen (secondary N) is 2. The minimum Gasteiger partial charge on any atom is -0.449 e. The number of ether oxygens (including phenoxy) is 1. The summed E-state index contributed by atoms with van der Waals surface area (Å²) in [5.41, 5.74) is 0.223. The number of carbonyl (C=O) groups is 3. The highest BCUT2D eigenvalue weighted by atomic mass is 35.5. The number of carbonyl (C=O) groups excluding carboxylic acids is 2. The number of alkyl halides is 3. The highest BCUT2D eigenvalue weighted by Crippen LogP contribution is 2.39. The molecule has 1 aromatic heterocycles. The zero-order valence-corrected chi connectivity index (χ0v) is 18.0. The maximum absolute atomic E-state index is 12.5. The molecule has 0 saturated heterocycles. The molecule has 3 aromatic rings. The topological polar surface area (TPSA) is 110 Å². The highest BCUT2D eigenvalue weighted by Gasteiger charge is 2.54. The molecule has 4 rings (SSSR count). The van der Waals surface area contributed by atoms with E-state index >= 15 is 0 Å². The molecule has 2 amide bonds. The average molecular weight is 496 g/mol. The van der Waals surface area contributed by atoms with Crippen molar-refractivity contribution in [3.05, 3.63) is 59.1 Å². The van der Waals surface area contributed by atoms with Crippen molar-refractivity contribution >= 4 is 40.5 Å². The molecule has 1 fully saturated rings. The third-order valence-corrected chi connectivity index (χ3v) is 5.76. The van der Waals surface area contributed by atoms with Crippen molar-refractivity contribution < 1.29 is 37.4 Å². The second-order valence-corrected chi connectivity index (χ2v) is 8.10. The third-order valence-electron chi connectivity index (χ3n) is 5.40. The first kappa shape index (κ1) is 23.4. The van der Waals surface area contributed by atoms with Crippen LogP contribution in [0.2, 0.25) is 5.02 Å². The molecule has 178 valence electrons. The van der Waals surface area contributed by atoms with E-state index in [1.807, 2.05) is 0 Å². The lowest BCUT2D eigenvalue weighted by molar-refractivity contribution is -0.175. The van der Waals surface area contributed by atoms with E-state index < -0.39 is 29.7 Å². The van der Waals surface area contributed by atoms with Gasteiger partial charge in [0, 0.05) is 17.6 Å². The molecule has 3 N–H and O–H groups in total. The van der Waals surface area contributed by atoms with Crippen molar-refractivity contribution in [2.24, 2.45) is 0 Å². The molecule has 8 nitrogen and oxygen atoms in total. The Morgan fingerprint density at radius 3 is 2.32 bits per heavy atom. The number of halogens is 4. The zero-order valence-electron chi connectivity index (χ0n) is 17.3. The summed E-state index contributed by atoms with van der Waals surface area (Å²) in [5, 5.41) is 14.1. The summed E-state index contributed by atoms with van der Waals surface area (Å²) in [5.74, 6) is -2.93. The number of amides is 2. The van der Waals surface area contributed by atoms with Crippen LogP contribution in [-0.4, -0.2) is 39.4 Å². The Bertz CT molecular complexity index is 1280. The number of benzene rings is 2. The van der Waals surface area contributed by atoms with Gasteiger partial charge >= 0.3 is 18.2 Å². The SMILES string of the molecule is O=C(O)Oc1c(Cl)c2ccccc2n1-c1ccc(CNC(=O)C2(NC(=O)C(F)(F)F)CC2)cc1. The number of fused-ring (bicyclic) bond motifs is 1. The molecule has 0 atom stereocenters. The zero-order chi connectivity index (χ0) is 24.7. The van der Waals surface area contributed by atoms with Crippen LogP contribution in [0.1, 0.15) is 18.4 Å². The van der Waals surface area contributed by atoms with Crippen LogP contribution in [0.5, 0.6) is 5.88 Å². The van der Waals surface area contributed by atoms with E-state index in [0.29, 0.717) is 22.2 Å². The molecule has 12 heteroatoms. The Morgan fingerprint density at radius 2 is 1.74 bits per heavy atom. The first-order valence-corrected chi connectivity index (χ1v) is 10.4. The highest BCUT2D eigenvalue weighted by molar-refractivity contribution is 6.37. The van der Waals surface area contributed by atoms with Crippen LogP contribution in [0.4, 0.5) is 18.0 Å². The van der Waals surface area contributed by atoms with E-state index in [-0.39, 0.29) is 30.3 Å². The summed E-state index contributed by atoms with van der Waals surface area (Å²) in [4.78, 5) is 34.7. The molecule has 0 radical (unpaired) electrons. The van der Waals surface area contributed by atoms with Gasteiger partial charge in [-0.15, -0.1) is 0 Å². The van der Waals surface area contributed by atoms with Gasteiger partial charge in [0.25, 0.3) is 0 Å². The predicted molar refractivity (Wildman–Crippen MR) is 115 cm³/mol. The summed E-state index contributed by atoms with van der Waals surface area (Å²) in [6.45, 7) is 0.00835. The quantitative estimate of drug-likeness (QED) is 0.445. The van der Waals surface area contributed by atoms with Gasteiger partial charge < -0.3 is 20.5 Å². The van der Waals surface area contributed by atoms with Gasteiger partial charge in [0.2, 0.25) is 11.8 Å². The van der Waals surface area contributed by atoms with E-state index in [0.717, 1.165) is 0 Å².